The number of ether oxygens (including phenoxy) is 1. The van der Waals surface area contributed by atoms with Crippen molar-refractivity contribution < 1.29 is 4.74 Å². The normalized spacial score (nSPS) is 21.4. The van der Waals surface area contributed by atoms with Crippen molar-refractivity contribution in [3.05, 3.63) is 0 Å². The molecule has 1 rings (SSSR count). The SMILES string of the molecule is CNC(C#N)(COC(C)(C)C)C1CC1. The molecule has 0 bridgehead atoms. The first kappa shape index (κ1) is 11.5. The van der Waals surface area contributed by atoms with E-state index in [1.165, 1.54) is 0 Å². The predicted molar refractivity (Wildman–Crippen MR) is 55.8 cm³/mol. The van der Waals surface area contributed by atoms with Gasteiger partial charge in [-0.15, -0.1) is 0 Å². The fourth-order valence-electron chi connectivity index (χ4n) is 1.48. The van der Waals surface area contributed by atoms with Crippen LogP contribution < -0.4 is 5.32 Å². The van der Waals surface area contributed by atoms with E-state index in [1.54, 1.807) is 0 Å². The molecule has 0 aromatic carbocycles. The Kier molecular flexibility index (Phi) is 3.18. The monoisotopic (exact) mass is 196 g/mol. The molecule has 1 aliphatic carbocycles. The summed E-state index contributed by atoms with van der Waals surface area (Å²) in [4.78, 5) is 0. The fourth-order valence-corrected chi connectivity index (χ4v) is 1.48. The van der Waals surface area contributed by atoms with Crippen LogP contribution in [0.4, 0.5) is 0 Å². The van der Waals surface area contributed by atoms with Gasteiger partial charge in [-0.2, -0.15) is 5.26 Å². The largest absolute Gasteiger partial charge is 0.373 e. The summed E-state index contributed by atoms with van der Waals surface area (Å²) in [5.74, 6) is 0.472. The van der Waals surface area contributed by atoms with Gasteiger partial charge in [0.15, 0.2) is 0 Å². The molecule has 0 saturated heterocycles. The highest BCUT2D eigenvalue weighted by Crippen LogP contribution is 2.39. The molecule has 1 aliphatic rings. The molecule has 1 atom stereocenters. The molecule has 80 valence electrons. The van der Waals surface area contributed by atoms with Gasteiger partial charge < -0.3 is 10.1 Å². The van der Waals surface area contributed by atoms with Crippen LogP contribution >= 0.6 is 0 Å². The minimum atomic E-state index is -0.465. The van der Waals surface area contributed by atoms with Crippen LogP contribution in [0.15, 0.2) is 0 Å². The molecule has 0 aliphatic heterocycles. The Bertz CT molecular complexity index is 235. The van der Waals surface area contributed by atoms with Crippen LogP contribution in [0, 0.1) is 17.2 Å². The lowest BCUT2D eigenvalue weighted by atomic mass is 9.96. The molecule has 1 saturated carbocycles. The number of rotatable bonds is 4. The number of nitriles is 1. The van der Waals surface area contributed by atoms with E-state index in [9.17, 15) is 5.26 Å². The second-order valence-corrected chi connectivity index (χ2v) is 5.01. The molecule has 1 N–H and O–H groups in total. The lowest BCUT2D eigenvalue weighted by Gasteiger charge is -2.30. The molecule has 3 nitrogen and oxygen atoms in total. The summed E-state index contributed by atoms with van der Waals surface area (Å²) in [6.07, 6.45) is 2.28. The third-order valence-corrected chi connectivity index (χ3v) is 2.65. The number of nitrogens with zero attached hydrogens (tertiary/aromatic N) is 1. The Balaban J connectivity index is 2.56. The molecule has 0 heterocycles. The second-order valence-electron chi connectivity index (χ2n) is 5.01. The second kappa shape index (κ2) is 3.88. The molecule has 0 radical (unpaired) electrons. The van der Waals surface area contributed by atoms with E-state index in [0.29, 0.717) is 12.5 Å². The van der Waals surface area contributed by atoms with Crippen LogP contribution in [-0.4, -0.2) is 24.8 Å². The van der Waals surface area contributed by atoms with Crippen LogP contribution in [0.3, 0.4) is 0 Å². The Morgan fingerprint density at radius 1 is 1.43 bits per heavy atom. The van der Waals surface area contributed by atoms with E-state index in [-0.39, 0.29) is 5.60 Å². The van der Waals surface area contributed by atoms with Gasteiger partial charge in [0, 0.05) is 0 Å². The summed E-state index contributed by atoms with van der Waals surface area (Å²) < 4.78 is 5.69. The molecule has 1 fully saturated rings. The van der Waals surface area contributed by atoms with Crippen molar-refractivity contribution in [2.24, 2.45) is 5.92 Å². The van der Waals surface area contributed by atoms with E-state index in [2.05, 4.69) is 11.4 Å². The highest BCUT2D eigenvalue weighted by molar-refractivity contribution is 5.15. The maximum atomic E-state index is 9.19. The predicted octanol–water partition coefficient (Wildman–Crippen LogP) is 1.69. The molecule has 1 unspecified atom stereocenters. The Morgan fingerprint density at radius 2 is 2.00 bits per heavy atom. The van der Waals surface area contributed by atoms with E-state index < -0.39 is 5.54 Å². The van der Waals surface area contributed by atoms with Gasteiger partial charge in [0.2, 0.25) is 0 Å². The van der Waals surface area contributed by atoms with Crippen molar-refractivity contribution in [1.29, 1.82) is 5.26 Å². The quantitative estimate of drug-likeness (QED) is 0.744. The van der Waals surface area contributed by atoms with Crippen molar-refractivity contribution >= 4 is 0 Å². The average molecular weight is 196 g/mol. The fraction of sp³-hybridized carbons (Fsp3) is 0.909. The van der Waals surface area contributed by atoms with Crippen LogP contribution in [0.5, 0.6) is 0 Å². The van der Waals surface area contributed by atoms with Crippen molar-refractivity contribution in [1.82, 2.24) is 5.32 Å². The van der Waals surface area contributed by atoms with Gasteiger partial charge >= 0.3 is 0 Å². The summed E-state index contributed by atoms with van der Waals surface area (Å²) >= 11 is 0. The van der Waals surface area contributed by atoms with Gasteiger partial charge in [-0.3, -0.25) is 0 Å². The van der Waals surface area contributed by atoms with Crippen LogP contribution in [0.2, 0.25) is 0 Å². The molecule has 14 heavy (non-hydrogen) atoms. The first-order valence-electron chi connectivity index (χ1n) is 5.18. The standard InChI is InChI=1S/C11H20N2O/c1-10(2,3)14-8-11(7-12,13-4)9-5-6-9/h9,13H,5-6,8H2,1-4H3. The minimum Gasteiger partial charge on any atom is -0.373 e. The Hall–Kier alpha value is -0.590. The number of likely N-dealkylation sites (N-methyl/N-ethyl adjacent to an activating group) is 1. The summed E-state index contributed by atoms with van der Waals surface area (Å²) in [6, 6.07) is 2.36. The molecule has 0 aromatic rings. The molecule has 3 heteroatoms. The van der Waals surface area contributed by atoms with Crippen LogP contribution in [0.1, 0.15) is 33.6 Å². The zero-order valence-corrected chi connectivity index (χ0v) is 9.55. The van der Waals surface area contributed by atoms with Gasteiger partial charge in [0.1, 0.15) is 5.54 Å². The van der Waals surface area contributed by atoms with Crippen molar-refractivity contribution in [2.75, 3.05) is 13.7 Å². The van der Waals surface area contributed by atoms with E-state index in [1.807, 2.05) is 27.8 Å². The number of hydrogen-bond donors (Lipinski definition) is 1. The first-order valence-corrected chi connectivity index (χ1v) is 5.18. The van der Waals surface area contributed by atoms with Crippen LogP contribution in [-0.2, 0) is 4.74 Å². The lowest BCUT2D eigenvalue weighted by Crippen LogP contribution is -2.49. The van der Waals surface area contributed by atoms with Crippen LogP contribution in [0.25, 0.3) is 0 Å². The molecular formula is C11H20N2O. The third kappa shape index (κ3) is 2.70. The van der Waals surface area contributed by atoms with Crippen molar-refractivity contribution in [3.63, 3.8) is 0 Å². The van der Waals surface area contributed by atoms with Gasteiger partial charge in [-0.05, 0) is 46.6 Å². The molecule has 0 spiro atoms. The molecule has 0 aromatic heterocycles. The highest BCUT2D eigenvalue weighted by atomic mass is 16.5. The topological polar surface area (TPSA) is 45.0 Å². The summed E-state index contributed by atoms with van der Waals surface area (Å²) in [5, 5.41) is 12.3. The van der Waals surface area contributed by atoms with E-state index in [4.69, 9.17) is 4.74 Å². The third-order valence-electron chi connectivity index (χ3n) is 2.65. The Morgan fingerprint density at radius 3 is 2.29 bits per heavy atom. The number of hydrogen-bond acceptors (Lipinski definition) is 3. The van der Waals surface area contributed by atoms with E-state index in [0.717, 1.165) is 12.8 Å². The zero-order chi connectivity index (χ0) is 10.8. The smallest absolute Gasteiger partial charge is 0.132 e. The first-order chi connectivity index (χ1) is 6.43. The summed E-state index contributed by atoms with van der Waals surface area (Å²) in [7, 11) is 1.84. The molecule has 0 amide bonds. The van der Waals surface area contributed by atoms with Gasteiger partial charge in [-0.25, -0.2) is 0 Å². The van der Waals surface area contributed by atoms with E-state index >= 15 is 0 Å². The Labute approximate surface area is 86.4 Å². The van der Waals surface area contributed by atoms with Gasteiger partial charge in [0.05, 0.1) is 18.3 Å². The highest BCUT2D eigenvalue weighted by Gasteiger charge is 2.45. The average Bonchev–Trinajstić information content (AvgIpc) is 2.89. The van der Waals surface area contributed by atoms with Gasteiger partial charge in [0.25, 0.3) is 0 Å². The lowest BCUT2D eigenvalue weighted by molar-refractivity contribution is -0.0288. The van der Waals surface area contributed by atoms with Crippen molar-refractivity contribution in [2.45, 2.75) is 44.8 Å². The summed E-state index contributed by atoms with van der Waals surface area (Å²) in [5.41, 5.74) is -0.638. The summed E-state index contributed by atoms with van der Waals surface area (Å²) in [6.45, 7) is 6.52. The maximum absolute atomic E-state index is 9.19. The van der Waals surface area contributed by atoms with Gasteiger partial charge in [-0.1, -0.05) is 0 Å². The number of nitrogens with one attached hydrogen (secondary N) is 1. The van der Waals surface area contributed by atoms with Crippen molar-refractivity contribution in [3.8, 4) is 6.07 Å². The maximum Gasteiger partial charge on any atom is 0.132 e. The molecular weight excluding hydrogens is 176 g/mol. The minimum absolute atomic E-state index is 0.173. The zero-order valence-electron chi connectivity index (χ0n) is 9.55.